The first-order chi connectivity index (χ1) is 8.75. The summed E-state index contributed by atoms with van der Waals surface area (Å²) in [6, 6.07) is 2.02. The molecule has 2 heterocycles. The molecule has 1 amide bonds. The summed E-state index contributed by atoms with van der Waals surface area (Å²) in [5.41, 5.74) is 0. The van der Waals surface area contributed by atoms with Crippen LogP contribution in [0.3, 0.4) is 0 Å². The van der Waals surface area contributed by atoms with Crippen LogP contribution in [-0.2, 0) is 11.3 Å². The third kappa shape index (κ3) is 5.81. The number of hydrogen-bond acceptors (Lipinski definition) is 3. The van der Waals surface area contributed by atoms with Gasteiger partial charge >= 0.3 is 0 Å². The van der Waals surface area contributed by atoms with E-state index >= 15 is 0 Å². The maximum atomic E-state index is 11.8. The van der Waals surface area contributed by atoms with Gasteiger partial charge in [-0.05, 0) is 65.6 Å². The fraction of sp³-hybridized carbons (Fsp3) is 0.615. The molecule has 0 aromatic carbocycles. The Bertz CT molecular complexity index is 394. The summed E-state index contributed by atoms with van der Waals surface area (Å²) in [5, 5.41) is 8.37. The van der Waals surface area contributed by atoms with E-state index in [1.165, 1.54) is 17.7 Å². The van der Waals surface area contributed by atoms with Crippen molar-refractivity contribution in [2.24, 2.45) is 5.92 Å². The maximum absolute atomic E-state index is 11.8. The van der Waals surface area contributed by atoms with E-state index in [0.717, 1.165) is 29.9 Å². The lowest BCUT2D eigenvalue weighted by molar-refractivity contribution is -0.121. The van der Waals surface area contributed by atoms with Crippen LogP contribution in [0.5, 0.6) is 0 Å². The molecule has 1 fully saturated rings. The summed E-state index contributed by atoms with van der Waals surface area (Å²) >= 11 is 5.14. The van der Waals surface area contributed by atoms with Gasteiger partial charge in [-0.1, -0.05) is 0 Å². The number of thiophene rings is 1. The summed E-state index contributed by atoms with van der Waals surface area (Å²) in [6.07, 6.45) is 4.11. The second-order valence-corrected chi connectivity index (χ2v) is 6.56. The summed E-state index contributed by atoms with van der Waals surface area (Å²) in [5.74, 6) is 0.902. The quantitative estimate of drug-likeness (QED) is 0.838. The molecule has 1 aliphatic rings. The third-order valence-corrected chi connectivity index (χ3v) is 5.30. The first-order valence-electron chi connectivity index (χ1n) is 6.45. The highest BCUT2D eigenvalue weighted by atomic mass is 79.9. The van der Waals surface area contributed by atoms with Crippen molar-refractivity contribution in [3.63, 3.8) is 0 Å². The highest BCUT2D eigenvalue weighted by molar-refractivity contribution is 9.10. The minimum Gasteiger partial charge on any atom is -0.351 e. The summed E-state index contributed by atoms with van der Waals surface area (Å²) in [6.45, 7) is 2.85. The Morgan fingerprint density at radius 2 is 2.21 bits per heavy atom. The van der Waals surface area contributed by atoms with Crippen molar-refractivity contribution in [2.45, 2.75) is 32.2 Å². The molecule has 0 saturated carbocycles. The summed E-state index contributed by atoms with van der Waals surface area (Å²) < 4.78 is 1.09. The van der Waals surface area contributed by atoms with Crippen LogP contribution in [0.1, 0.15) is 30.6 Å². The molecule has 1 aromatic rings. The topological polar surface area (TPSA) is 41.1 Å². The van der Waals surface area contributed by atoms with Gasteiger partial charge in [0.2, 0.25) is 5.91 Å². The van der Waals surface area contributed by atoms with E-state index in [2.05, 4.69) is 26.6 Å². The molecule has 1 saturated heterocycles. The highest BCUT2D eigenvalue weighted by Crippen LogP contribution is 2.22. The number of carbonyl (C=O) groups excluding carboxylic acids is 1. The van der Waals surface area contributed by atoms with Crippen molar-refractivity contribution in [1.29, 1.82) is 0 Å². The second kappa shape index (κ2) is 8.95. The molecule has 0 bridgehead atoms. The average Bonchev–Trinajstić information content (AvgIpc) is 2.81. The molecule has 1 aromatic heterocycles. The molecule has 0 atom stereocenters. The van der Waals surface area contributed by atoms with E-state index in [-0.39, 0.29) is 18.3 Å². The van der Waals surface area contributed by atoms with Crippen molar-refractivity contribution >= 4 is 45.6 Å². The first-order valence-corrected chi connectivity index (χ1v) is 8.12. The monoisotopic (exact) mass is 366 g/mol. The van der Waals surface area contributed by atoms with Crippen LogP contribution in [0.2, 0.25) is 0 Å². The average molecular weight is 368 g/mol. The fourth-order valence-electron chi connectivity index (χ4n) is 2.22. The van der Waals surface area contributed by atoms with Gasteiger partial charge in [0.05, 0.1) is 6.54 Å². The number of nitrogens with one attached hydrogen (secondary N) is 2. The lowest BCUT2D eigenvalue weighted by Crippen LogP contribution is -2.29. The molecule has 0 radical (unpaired) electrons. The van der Waals surface area contributed by atoms with E-state index in [9.17, 15) is 4.79 Å². The largest absolute Gasteiger partial charge is 0.351 e. The van der Waals surface area contributed by atoms with Crippen LogP contribution in [0.25, 0.3) is 0 Å². The van der Waals surface area contributed by atoms with Crippen LogP contribution in [0, 0.1) is 5.92 Å². The van der Waals surface area contributed by atoms with Crippen molar-refractivity contribution in [2.75, 3.05) is 13.1 Å². The van der Waals surface area contributed by atoms with E-state index in [4.69, 9.17) is 0 Å². The number of rotatable bonds is 5. The van der Waals surface area contributed by atoms with Gasteiger partial charge in [0, 0.05) is 15.8 Å². The number of carbonyl (C=O) groups is 1. The number of hydrogen-bond donors (Lipinski definition) is 2. The van der Waals surface area contributed by atoms with Gasteiger partial charge in [0.15, 0.2) is 0 Å². The van der Waals surface area contributed by atoms with Crippen molar-refractivity contribution < 1.29 is 4.79 Å². The second-order valence-electron chi connectivity index (χ2n) is 4.70. The zero-order valence-electron chi connectivity index (χ0n) is 10.8. The van der Waals surface area contributed by atoms with Crippen LogP contribution < -0.4 is 10.6 Å². The lowest BCUT2D eigenvalue weighted by atomic mass is 9.93. The van der Waals surface area contributed by atoms with Gasteiger partial charge in [0.25, 0.3) is 0 Å². The van der Waals surface area contributed by atoms with Gasteiger partial charge in [-0.25, -0.2) is 0 Å². The molecule has 1 aliphatic heterocycles. The minimum absolute atomic E-state index is 0. The predicted molar refractivity (Wildman–Crippen MR) is 85.9 cm³/mol. The molecule has 2 N–H and O–H groups in total. The number of halogens is 2. The SMILES string of the molecule is Cl.O=C(CCC1CCNCC1)NCc1sccc1Br. The first kappa shape index (κ1) is 17.0. The Kier molecular flexibility index (Phi) is 7.99. The van der Waals surface area contributed by atoms with Crippen LogP contribution in [0.15, 0.2) is 15.9 Å². The number of piperidine rings is 1. The zero-order chi connectivity index (χ0) is 12.8. The molecule has 0 unspecified atom stereocenters. The van der Waals surface area contributed by atoms with Gasteiger partial charge in [-0.2, -0.15) is 0 Å². The molecule has 0 spiro atoms. The molecule has 108 valence electrons. The lowest BCUT2D eigenvalue weighted by Gasteiger charge is -2.22. The molecular weight excluding hydrogens is 348 g/mol. The van der Waals surface area contributed by atoms with Crippen molar-refractivity contribution in [3.8, 4) is 0 Å². The van der Waals surface area contributed by atoms with Crippen molar-refractivity contribution in [1.82, 2.24) is 10.6 Å². The standard InChI is InChI=1S/C13H19BrN2OS.ClH/c14-11-5-8-18-12(11)9-16-13(17)2-1-10-3-6-15-7-4-10;/h5,8,10,15H,1-4,6-7,9H2,(H,16,17);1H. The van der Waals surface area contributed by atoms with E-state index < -0.39 is 0 Å². The summed E-state index contributed by atoms with van der Waals surface area (Å²) in [7, 11) is 0. The van der Waals surface area contributed by atoms with E-state index in [0.29, 0.717) is 13.0 Å². The van der Waals surface area contributed by atoms with Crippen LogP contribution in [0.4, 0.5) is 0 Å². The highest BCUT2D eigenvalue weighted by Gasteiger charge is 2.14. The summed E-state index contributed by atoms with van der Waals surface area (Å²) in [4.78, 5) is 12.9. The third-order valence-electron chi connectivity index (χ3n) is 3.38. The van der Waals surface area contributed by atoms with Crippen LogP contribution in [-0.4, -0.2) is 19.0 Å². The predicted octanol–water partition coefficient (Wildman–Crippen LogP) is 3.33. The van der Waals surface area contributed by atoms with Gasteiger partial charge < -0.3 is 10.6 Å². The van der Waals surface area contributed by atoms with Crippen molar-refractivity contribution in [3.05, 3.63) is 20.8 Å². The Morgan fingerprint density at radius 1 is 1.47 bits per heavy atom. The maximum Gasteiger partial charge on any atom is 0.220 e. The van der Waals surface area contributed by atoms with Gasteiger partial charge in [-0.15, -0.1) is 23.7 Å². The number of amides is 1. The van der Waals surface area contributed by atoms with E-state index in [1.54, 1.807) is 11.3 Å². The fourth-order valence-corrected chi connectivity index (χ4v) is 3.66. The molecule has 3 nitrogen and oxygen atoms in total. The van der Waals surface area contributed by atoms with Gasteiger partial charge in [0.1, 0.15) is 0 Å². The van der Waals surface area contributed by atoms with E-state index in [1.807, 2.05) is 11.4 Å². The Balaban J connectivity index is 0.00000180. The Morgan fingerprint density at radius 3 is 2.84 bits per heavy atom. The zero-order valence-corrected chi connectivity index (χ0v) is 14.0. The molecule has 0 aliphatic carbocycles. The van der Waals surface area contributed by atoms with Gasteiger partial charge in [-0.3, -0.25) is 4.79 Å². The molecular formula is C13H20BrClN2OS. The normalized spacial score (nSPS) is 15.8. The van der Waals surface area contributed by atoms with Crippen LogP contribution >= 0.6 is 39.7 Å². The Labute approximate surface area is 133 Å². The molecule has 19 heavy (non-hydrogen) atoms. The molecule has 2 rings (SSSR count). The Hall–Kier alpha value is -0.100. The molecule has 6 heteroatoms. The smallest absolute Gasteiger partial charge is 0.220 e. The minimum atomic E-state index is 0.